The number of hydrogen-bond acceptors (Lipinski definition) is 10. The molecule has 1 aromatic heterocycles. The lowest BCUT2D eigenvalue weighted by atomic mass is 9.57. The molecule has 5 rings (SSSR count). The number of carbonyl (C=O) groups is 4. The maximum atomic E-state index is 14.0. The summed E-state index contributed by atoms with van der Waals surface area (Å²) in [5.74, 6) is -7.97. The second-order valence-corrected chi connectivity index (χ2v) is 10.5. The molecule has 2 amide bonds. The van der Waals surface area contributed by atoms with Crippen molar-refractivity contribution in [3.8, 4) is 17.0 Å². The summed E-state index contributed by atoms with van der Waals surface area (Å²) >= 11 is 0. The molecule has 0 unspecified atom stereocenters. The number of hydrogen-bond donors (Lipinski definition) is 6. The van der Waals surface area contributed by atoms with Gasteiger partial charge >= 0.3 is 0 Å². The van der Waals surface area contributed by atoms with E-state index in [-0.39, 0.29) is 37.1 Å². The van der Waals surface area contributed by atoms with Gasteiger partial charge in [-0.1, -0.05) is 13.5 Å². The molecular weight excluding hydrogens is 532 g/mol. The zero-order chi connectivity index (χ0) is 29.3. The van der Waals surface area contributed by atoms with Crippen LogP contribution in [0.3, 0.4) is 0 Å². The van der Waals surface area contributed by atoms with Crippen molar-refractivity contribution >= 4 is 34.8 Å². The molecule has 3 aliphatic carbocycles. The average Bonchev–Trinajstić information content (AvgIpc) is 2.87. The van der Waals surface area contributed by atoms with Crippen LogP contribution in [-0.2, 0) is 25.6 Å². The number of aromatic nitrogens is 1. The molecule has 216 valence electrons. The highest BCUT2D eigenvalue weighted by Gasteiger charge is 2.64. The van der Waals surface area contributed by atoms with Crippen LogP contribution in [0.5, 0.6) is 5.75 Å². The van der Waals surface area contributed by atoms with Crippen LogP contribution < -0.4 is 11.1 Å². The fraction of sp³-hybridized carbons (Fsp3) is 0.345. The van der Waals surface area contributed by atoms with Crippen LogP contribution in [0, 0.1) is 11.8 Å². The van der Waals surface area contributed by atoms with Gasteiger partial charge in [-0.15, -0.1) is 0 Å². The van der Waals surface area contributed by atoms with Gasteiger partial charge in [-0.05, 0) is 56.6 Å². The fourth-order valence-corrected chi connectivity index (χ4v) is 6.35. The minimum absolute atomic E-state index is 0. The summed E-state index contributed by atoms with van der Waals surface area (Å²) in [4.78, 5) is 57.1. The number of Topliss-reactive ketones (excluding diaryl/α,β-unsaturated/α-hetero) is 2. The molecule has 0 radical (unpaired) electrons. The Morgan fingerprint density at radius 1 is 1.17 bits per heavy atom. The standard InChI is InChI=1S/C28H28N4O8.CH4/c1-11(33)31-17-10-13(16-6-4-5-7-30-16)14-8-12-9-15-21(32(2)3)24(36)20(27(29)39)26(38)28(15,40)25(37)18(12)23(35)19(14)22(17)34;/h4-7,10,12,15,21,34-35,38,40H,8-9H2,1-3H3,(H2,29,39)(H,31,33);1H4/t12-,15-,21-,28-;/m0./s1. The number of phenolic OH excluding ortho intramolecular Hbond substituents is 1. The zero-order valence-electron chi connectivity index (χ0n) is 21.9. The molecule has 0 aliphatic heterocycles. The molecule has 4 atom stereocenters. The molecule has 2 aromatic rings. The van der Waals surface area contributed by atoms with Gasteiger partial charge in [0.05, 0.1) is 23.0 Å². The number of nitrogens with one attached hydrogen (secondary N) is 1. The Bertz CT molecular complexity index is 1560. The number of nitrogens with zero attached hydrogens (tertiary/aromatic N) is 2. The van der Waals surface area contributed by atoms with E-state index in [9.17, 15) is 39.6 Å². The third kappa shape index (κ3) is 4.18. The number of rotatable bonds is 4. The van der Waals surface area contributed by atoms with Crippen molar-refractivity contribution in [3.63, 3.8) is 0 Å². The lowest BCUT2D eigenvalue weighted by Gasteiger charge is -2.50. The molecule has 1 saturated carbocycles. The Balaban J connectivity index is 0.00000387. The first-order valence-electron chi connectivity index (χ1n) is 12.5. The van der Waals surface area contributed by atoms with Gasteiger partial charge in [-0.2, -0.15) is 0 Å². The molecule has 1 heterocycles. The van der Waals surface area contributed by atoms with Crippen LogP contribution >= 0.6 is 0 Å². The van der Waals surface area contributed by atoms with Crippen molar-refractivity contribution in [1.29, 1.82) is 0 Å². The van der Waals surface area contributed by atoms with Crippen molar-refractivity contribution in [1.82, 2.24) is 9.88 Å². The number of carbonyl (C=O) groups excluding carboxylic acids is 4. The lowest BCUT2D eigenvalue weighted by molar-refractivity contribution is -0.153. The summed E-state index contributed by atoms with van der Waals surface area (Å²) < 4.78 is 0. The first kappa shape index (κ1) is 29.4. The van der Waals surface area contributed by atoms with Crippen molar-refractivity contribution in [2.75, 3.05) is 19.4 Å². The van der Waals surface area contributed by atoms with Crippen molar-refractivity contribution in [2.24, 2.45) is 17.6 Å². The molecule has 12 heteroatoms. The molecule has 1 aromatic carbocycles. The molecule has 41 heavy (non-hydrogen) atoms. The molecular formula is C29H32N4O8. The van der Waals surface area contributed by atoms with Gasteiger partial charge in [-0.25, -0.2) is 0 Å². The van der Waals surface area contributed by atoms with Crippen LogP contribution in [0.2, 0.25) is 0 Å². The summed E-state index contributed by atoms with van der Waals surface area (Å²) in [6.07, 6.45) is 1.61. The number of nitrogens with two attached hydrogens (primary N) is 1. The third-order valence-corrected chi connectivity index (χ3v) is 7.97. The first-order valence-corrected chi connectivity index (χ1v) is 12.5. The summed E-state index contributed by atoms with van der Waals surface area (Å²) in [5, 5.41) is 47.9. The molecule has 0 bridgehead atoms. The number of anilines is 1. The minimum Gasteiger partial charge on any atom is -0.508 e. The molecule has 0 spiro atoms. The second kappa shape index (κ2) is 10.1. The number of benzene rings is 1. The average molecular weight is 565 g/mol. The Hall–Kier alpha value is -4.55. The van der Waals surface area contributed by atoms with E-state index in [2.05, 4.69) is 10.3 Å². The van der Waals surface area contributed by atoms with Crippen LogP contribution in [0.25, 0.3) is 17.0 Å². The van der Waals surface area contributed by atoms with Gasteiger partial charge in [0.1, 0.15) is 22.8 Å². The predicted octanol–water partition coefficient (Wildman–Crippen LogP) is 1.62. The van der Waals surface area contributed by atoms with E-state index < -0.39 is 69.7 Å². The maximum Gasteiger partial charge on any atom is 0.255 e. The Morgan fingerprint density at radius 2 is 1.85 bits per heavy atom. The monoisotopic (exact) mass is 564 g/mol. The van der Waals surface area contributed by atoms with Crippen molar-refractivity contribution in [3.05, 3.63) is 58.5 Å². The lowest BCUT2D eigenvalue weighted by Crippen LogP contribution is -2.65. The number of likely N-dealkylation sites (N-methyl/N-ethyl adjacent to an activating group) is 1. The summed E-state index contributed by atoms with van der Waals surface area (Å²) in [7, 11) is 3.07. The number of phenols is 1. The normalized spacial score (nSPS) is 25.2. The number of aliphatic hydroxyl groups excluding tert-OH is 2. The number of primary amides is 1. The van der Waals surface area contributed by atoms with E-state index in [4.69, 9.17) is 5.73 Å². The van der Waals surface area contributed by atoms with E-state index >= 15 is 0 Å². The van der Waals surface area contributed by atoms with Gasteiger partial charge in [0.2, 0.25) is 11.7 Å². The van der Waals surface area contributed by atoms with Crippen LogP contribution in [0.4, 0.5) is 5.69 Å². The molecule has 0 saturated heterocycles. The largest absolute Gasteiger partial charge is 0.508 e. The van der Waals surface area contributed by atoms with Gasteiger partial charge in [0, 0.05) is 30.2 Å². The summed E-state index contributed by atoms with van der Waals surface area (Å²) in [5.41, 5.74) is 2.69. The molecule has 12 nitrogen and oxygen atoms in total. The third-order valence-electron chi connectivity index (χ3n) is 7.97. The number of aliphatic hydroxyl groups is 3. The zero-order valence-corrected chi connectivity index (χ0v) is 21.9. The Kier molecular flexibility index (Phi) is 7.27. The van der Waals surface area contributed by atoms with Gasteiger partial charge in [0.25, 0.3) is 5.91 Å². The topological polar surface area (TPSA) is 203 Å². The summed E-state index contributed by atoms with van der Waals surface area (Å²) in [6.45, 7) is 1.24. The van der Waals surface area contributed by atoms with E-state index in [1.165, 1.54) is 32.0 Å². The quantitative estimate of drug-likeness (QED) is 0.234. The number of amides is 2. The van der Waals surface area contributed by atoms with Gasteiger partial charge < -0.3 is 31.5 Å². The molecule has 1 fully saturated rings. The Labute approximate surface area is 235 Å². The van der Waals surface area contributed by atoms with Crippen LogP contribution in [0.1, 0.15) is 31.9 Å². The Morgan fingerprint density at radius 3 is 2.41 bits per heavy atom. The number of fused-ring (bicyclic) bond motifs is 3. The van der Waals surface area contributed by atoms with E-state index in [0.717, 1.165) is 0 Å². The van der Waals surface area contributed by atoms with Crippen molar-refractivity contribution < 1.29 is 39.6 Å². The van der Waals surface area contributed by atoms with Crippen LogP contribution in [0.15, 0.2) is 47.4 Å². The predicted molar refractivity (Wildman–Crippen MR) is 149 cm³/mol. The number of aromatic hydroxyl groups is 1. The van der Waals surface area contributed by atoms with E-state index in [1.54, 1.807) is 24.4 Å². The van der Waals surface area contributed by atoms with Crippen molar-refractivity contribution in [2.45, 2.75) is 38.8 Å². The molecule has 3 aliphatic rings. The number of pyridine rings is 1. The second-order valence-electron chi connectivity index (χ2n) is 10.5. The highest BCUT2D eigenvalue weighted by Crippen LogP contribution is 2.54. The van der Waals surface area contributed by atoms with Gasteiger partial charge in [0.15, 0.2) is 11.4 Å². The highest BCUT2D eigenvalue weighted by atomic mass is 16.3. The molecule has 7 N–H and O–H groups in total. The fourth-order valence-electron chi connectivity index (χ4n) is 6.35. The van der Waals surface area contributed by atoms with E-state index in [1.807, 2.05) is 0 Å². The van der Waals surface area contributed by atoms with Gasteiger partial charge in [-0.3, -0.25) is 29.1 Å². The van der Waals surface area contributed by atoms with Crippen LogP contribution in [-0.4, -0.2) is 79.4 Å². The maximum absolute atomic E-state index is 14.0. The minimum atomic E-state index is -2.74. The SMILES string of the molecule is C.CC(=O)Nc1cc(-c2ccccn2)c2c(c1O)C(O)=C1C(=O)[C@]3(O)C(O)=C(C(N)=O)C(=O)[C@@H](N(C)C)[C@@H]3C[C@@H]1C2. The smallest absolute Gasteiger partial charge is 0.255 e. The first-order chi connectivity index (χ1) is 18.8. The highest BCUT2D eigenvalue weighted by molar-refractivity contribution is 6.24. The van der Waals surface area contributed by atoms with E-state index in [0.29, 0.717) is 16.8 Å². The number of ketones is 2. The summed E-state index contributed by atoms with van der Waals surface area (Å²) in [6, 6.07) is 5.51.